The van der Waals surface area contributed by atoms with Crippen LogP contribution in [0, 0.1) is 5.82 Å². The van der Waals surface area contributed by atoms with Crippen molar-refractivity contribution in [1.82, 2.24) is 4.90 Å². The zero-order valence-corrected chi connectivity index (χ0v) is 13.9. The summed E-state index contributed by atoms with van der Waals surface area (Å²) in [4.78, 5) is 4.28. The van der Waals surface area contributed by atoms with Gasteiger partial charge in [-0.25, -0.2) is 4.39 Å². The summed E-state index contributed by atoms with van der Waals surface area (Å²) >= 11 is 0. The molecule has 0 spiro atoms. The Kier molecular flexibility index (Phi) is 5.33. The summed E-state index contributed by atoms with van der Waals surface area (Å²) in [5.74, 6) is 0.605. The van der Waals surface area contributed by atoms with E-state index in [1.165, 1.54) is 6.07 Å². The van der Waals surface area contributed by atoms with Gasteiger partial charge >= 0.3 is 0 Å². The Morgan fingerprint density at radius 3 is 2.33 bits per heavy atom. The predicted octanol–water partition coefficient (Wildman–Crippen LogP) is 2.69. The van der Waals surface area contributed by atoms with Gasteiger partial charge in [0.2, 0.25) is 0 Å². The van der Waals surface area contributed by atoms with E-state index in [0.717, 1.165) is 37.5 Å². The number of nitrogens with zero attached hydrogens (tertiary/aromatic N) is 2. The van der Waals surface area contributed by atoms with Crippen molar-refractivity contribution in [3.05, 3.63) is 59.9 Å². The molecule has 0 radical (unpaired) electrons. The van der Waals surface area contributed by atoms with Crippen LogP contribution in [0.2, 0.25) is 0 Å². The van der Waals surface area contributed by atoms with Crippen LogP contribution in [0.5, 0.6) is 5.75 Å². The monoisotopic (exact) mass is 330 g/mol. The Morgan fingerprint density at radius 1 is 1.04 bits per heavy atom. The summed E-state index contributed by atoms with van der Waals surface area (Å²) in [6.07, 6.45) is -0.532. The lowest BCUT2D eigenvalue weighted by Gasteiger charge is -2.37. The molecule has 0 amide bonds. The molecule has 128 valence electrons. The zero-order valence-electron chi connectivity index (χ0n) is 13.9. The van der Waals surface area contributed by atoms with E-state index in [-0.39, 0.29) is 5.82 Å². The van der Waals surface area contributed by atoms with Crippen LogP contribution < -0.4 is 9.64 Å². The normalized spacial score (nSPS) is 16.9. The van der Waals surface area contributed by atoms with Gasteiger partial charge in [0.05, 0.1) is 18.9 Å². The first-order chi connectivity index (χ1) is 11.7. The molecule has 2 aromatic carbocycles. The molecule has 1 atom stereocenters. The highest BCUT2D eigenvalue weighted by atomic mass is 19.1. The minimum absolute atomic E-state index is 0.177. The summed E-state index contributed by atoms with van der Waals surface area (Å²) in [6, 6.07) is 14.4. The lowest BCUT2D eigenvalue weighted by Crippen LogP contribution is -2.47. The maximum absolute atomic E-state index is 13.9. The van der Waals surface area contributed by atoms with Crippen molar-refractivity contribution in [2.75, 3.05) is 44.7 Å². The molecule has 1 saturated heterocycles. The number of anilines is 1. The van der Waals surface area contributed by atoms with Crippen molar-refractivity contribution < 1.29 is 14.2 Å². The third kappa shape index (κ3) is 3.86. The number of ether oxygens (including phenoxy) is 1. The van der Waals surface area contributed by atoms with Crippen molar-refractivity contribution in [2.24, 2.45) is 0 Å². The van der Waals surface area contributed by atoms with Crippen LogP contribution in [0.25, 0.3) is 0 Å². The maximum Gasteiger partial charge on any atom is 0.146 e. The molecule has 0 aliphatic carbocycles. The summed E-state index contributed by atoms with van der Waals surface area (Å²) in [5.41, 5.74) is 1.54. The molecule has 0 aromatic heterocycles. The average molecular weight is 330 g/mol. The lowest BCUT2D eigenvalue weighted by atomic mass is 10.1. The first kappa shape index (κ1) is 16.7. The number of hydrogen-bond acceptors (Lipinski definition) is 4. The van der Waals surface area contributed by atoms with Gasteiger partial charge < -0.3 is 14.7 Å². The van der Waals surface area contributed by atoms with Crippen molar-refractivity contribution in [1.29, 1.82) is 0 Å². The summed E-state index contributed by atoms with van der Waals surface area (Å²) < 4.78 is 19.0. The van der Waals surface area contributed by atoms with Crippen LogP contribution in [-0.2, 0) is 0 Å². The third-order valence-corrected chi connectivity index (χ3v) is 4.50. The smallest absolute Gasteiger partial charge is 0.146 e. The first-order valence-electron chi connectivity index (χ1n) is 8.21. The fourth-order valence-corrected chi connectivity index (χ4v) is 3.06. The number of rotatable bonds is 5. The van der Waals surface area contributed by atoms with E-state index in [0.29, 0.717) is 12.2 Å². The van der Waals surface area contributed by atoms with Crippen LogP contribution in [0.15, 0.2) is 48.5 Å². The van der Waals surface area contributed by atoms with Gasteiger partial charge in [0.1, 0.15) is 11.6 Å². The number of β-amino-alcohol motifs (C(OH)–C–C–N with tert-alkyl or cyclic N) is 1. The number of piperazine rings is 1. The van der Waals surface area contributed by atoms with Gasteiger partial charge in [0.25, 0.3) is 0 Å². The van der Waals surface area contributed by atoms with Gasteiger partial charge in [0, 0.05) is 32.7 Å². The number of aliphatic hydroxyl groups is 1. The molecule has 2 aromatic rings. The van der Waals surface area contributed by atoms with E-state index in [1.54, 1.807) is 13.2 Å². The first-order valence-corrected chi connectivity index (χ1v) is 8.21. The highest BCUT2D eigenvalue weighted by Crippen LogP contribution is 2.22. The Labute approximate surface area is 142 Å². The predicted molar refractivity (Wildman–Crippen MR) is 93.0 cm³/mol. The molecular formula is C19H23FN2O2. The molecule has 0 unspecified atom stereocenters. The topological polar surface area (TPSA) is 35.9 Å². The highest BCUT2D eigenvalue weighted by Gasteiger charge is 2.21. The van der Waals surface area contributed by atoms with E-state index < -0.39 is 6.10 Å². The van der Waals surface area contributed by atoms with Crippen LogP contribution in [-0.4, -0.2) is 49.8 Å². The number of aliphatic hydroxyl groups excluding tert-OH is 1. The van der Waals surface area contributed by atoms with Gasteiger partial charge in [-0.2, -0.15) is 0 Å². The van der Waals surface area contributed by atoms with Crippen molar-refractivity contribution >= 4 is 5.69 Å². The van der Waals surface area contributed by atoms with Gasteiger partial charge in [0.15, 0.2) is 0 Å². The Bertz CT molecular complexity index is 655. The van der Waals surface area contributed by atoms with E-state index in [2.05, 4.69) is 9.80 Å². The summed E-state index contributed by atoms with van der Waals surface area (Å²) in [7, 11) is 1.63. The maximum atomic E-state index is 13.9. The zero-order chi connectivity index (χ0) is 16.9. The number of methoxy groups -OCH3 is 1. The molecule has 3 rings (SSSR count). The molecular weight excluding hydrogens is 307 g/mol. The summed E-state index contributed by atoms with van der Waals surface area (Å²) in [6.45, 7) is 3.72. The van der Waals surface area contributed by atoms with Crippen molar-refractivity contribution in [3.63, 3.8) is 0 Å². The molecule has 1 N–H and O–H groups in total. The van der Waals surface area contributed by atoms with Crippen molar-refractivity contribution in [3.8, 4) is 5.75 Å². The Hall–Kier alpha value is -2.11. The minimum atomic E-state index is -0.532. The Balaban J connectivity index is 1.54. The van der Waals surface area contributed by atoms with Gasteiger partial charge in [-0.3, -0.25) is 4.90 Å². The van der Waals surface area contributed by atoms with Crippen LogP contribution in [0.1, 0.15) is 11.7 Å². The molecule has 0 bridgehead atoms. The van der Waals surface area contributed by atoms with Crippen molar-refractivity contribution in [2.45, 2.75) is 6.10 Å². The fourth-order valence-electron chi connectivity index (χ4n) is 3.06. The molecule has 24 heavy (non-hydrogen) atoms. The second kappa shape index (κ2) is 7.64. The van der Waals surface area contributed by atoms with E-state index in [9.17, 15) is 9.50 Å². The Morgan fingerprint density at radius 2 is 1.71 bits per heavy atom. The fraction of sp³-hybridized carbons (Fsp3) is 0.368. The lowest BCUT2D eigenvalue weighted by molar-refractivity contribution is 0.109. The molecule has 5 heteroatoms. The quantitative estimate of drug-likeness (QED) is 0.914. The van der Waals surface area contributed by atoms with Gasteiger partial charge in [-0.15, -0.1) is 0 Å². The second-order valence-corrected chi connectivity index (χ2v) is 6.03. The second-order valence-electron chi connectivity index (χ2n) is 6.03. The van der Waals surface area contributed by atoms with Gasteiger partial charge in [-0.05, 0) is 29.8 Å². The molecule has 0 saturated carbocycles. The third-order valence-electron chi connectivity index (χ3n) is 4.50. The summed E-state index contributed by atoms with van der Waals surface area (Å²) in [5, 5.41) is 10.4. The van der Waals surface area contributed by atoms with Crippen LogP contribution >= 0.6 is 0 Å². The van der Waals surface area contributed by atoms with Gasteiger partial charge in [-0.1, -0.05) is 24.3 Å². The number of para-hydroxylation sites is 1. The van der Waals surface area contributed by atoms with Crippen LogP contribution in [0.3, 0.4) is 0 Å². The molecule has 1 aliphatic heterocycles. The molecule has 1 heterocycles. The van der Waals surface area contributed by atoms with Crippen LogP contribution in [0.4, 0.5) is 10.1 Å². The molecule has 1 aliphatic rings. The standard InChI is InChI=1S/C19H23FN2O2/c1-24-16-8-6-15(7-9-16)19(23)14-21-10-12-22(13-11-21)18-5-3-2-4-17(18)20/h2-9,19,23H,10-14H2,1H3/t19-/m1/s1. The van der Waals surface area contributed by atoms with E-state index in [1.807, 2.05) is 36.4 Å². The SMILES string of the molecule is COc1ccc([C@H](O)CN2CCN(c3ccccc3F)CC2)cc1. The van der Waals surface area contributed by atoms with E-state index >= 15 is 0 Å². The molecule has 1 fully saturated rings. The largest absolute Gasteiger partial charge is 0.497 e. The highest BCUT2D eigenvalue weighted by molar-refractivity contribution is 5.48. The number of hydrogen-bond donors (Lipinski definition) is 1. The minimum Gasteiger partial charge on any atom is -0.497 e. The number of halogens is 1. The van der Waals surface area contributed by atoms with E-state index in [4.69, 9.17) is 4.74 Å². The molecule has 4 nitrogen and oxygen atoms in total. The average Bonchev–Trinajstić information content (AvgIpc) is 2.63. The number of benzene rings is 2.